The van der Waals surface area contributed by atoms with E-state index in [4.69, 9.17) is 4.74 Å². The number of carboxylic acids is 1. The third-order valence-corrected chi connectivity index (χ3v) is 5.55. The molecule has 1 aliphatic rings. The normalized spacial score (nSPS) is 15.9. The zero-order valence-corrected chi connectivity index (χ0v) is 15.9. The first kappa shape index (κ1) is 19.9. The van der Waals surface area contributed by atoms with Crippen LogP contribution < -0.4 is 4.74 Å². The number of ether oxygens (including phenoxy) is 1. The van der Waals surface area contributed by atoms with Gasteiger partial charge in [0.15, 0.2) is 11.6 Å². The maximum absolute atomic E-state index is 13.8. The zero-order valence-electron chi connectivity index (χ0n) is 15.9. The van der Waals surface area contributed by atoms with Crippen LogP contribution in [0.5, 0.6) is 5.75 Å². The van der Waals surface area contributed by atoms with Crippen molar-refractivity contribution < 1.29 is 23.8 Å². The second-order valence-corrected chi connectivity index (χ2v) is 7.10. The van der Waals surface area contributed by atoms with Gasteiger partial charge in [-0.25, -0.2) is 4.39 Å². The summed E-state index contributed by atoms with van der Waals surface area (Å²) in [6.45, 7) is 0.800. The molecule has 1 aliphatic heterocycles. The summed E-state index contributed by atoms with van der Waals surface area (Å²) in [6, 6.07) is 13.9. The summed E-state index contributed by atoms with van der Waals surface area (Å²) < 4.78 is 18.7. The number of aryl methyl sites for hydroxylation is 1. The van der Waals surface area contributed by atoms with Crippen LogP contribution in [0.3, 0.4) is 0 Å². The van der Waals surface area contributed by atoms with Gasteiger partial charge in [-0.3, -0.25) is 9.59 Å². The van der Waals surface area contributed by atoms with E-state index in [1.165, 1.54) is 13.2 Å². The number of carbonyl (C=O) groups excluding carboxylic acids is 1. The number of aliphatic carboxylic acids is 1. The Labute approximate surface area is 163 Å². The number of hydrogen-bond donors (Lipinski definition) is 1. The molecular weight excluding hydrogens is 361 g/mol. The maximum atomic E-state index is 13.8. The Bertz CT molecular complexity index is 845. The van der Waals surface area contributed by atoms with E-state index in [1.807, 2.05) is 30.3 Å². The third kappa shape index (κ3) is 4.01. The molecule has 0 aliphatic carbocycles. The first-order valence-corrected chi connectivity index (χ1v) is 9.35. The van der Waals surface area contributed by atoms with Crippen molar-refractivity contribution in [3.8, 4) is 5.75 Å². The molecule has 0 aromatic heterocycles. The number of hydrogen-bond acceptors (Lipinski definition) is 3. The minimum absolute atomic E-state index is 0.0386. The molecule has 0 radical (unpaired) electrons. The molecule has 1 amide bonds. The van der Waals surface area contributed by atoms with E-state index < -0.39 is 17.2 Å². The summed E-state index contributed by atoms with van der Waals surface area (Å²) in [7, 11) is 1.41. The fraction of sp³-hybridized carbons (Fsp3) is 0.364. The van der Waals surface area contributed by atoms with Crippen LogP contribution in [0.15, 0.2) is 48.5 Å². The van der Waals surface area contributed by atoms with Crippen molar-refractivity contribution in [2.75, 3.05) is 20.2 Å². The number of nitrogens with zero attached hydrogens (tertiary/aromatic N) is 1. The lowest BCUT2D eigenvalue weighted by molar-refractivity contribution is -0.148. The number of amides is 1. The number of methoxy groups -OCH3 is 1. The molecule has 6 heteroatoms. The van der Waals surface area contributed by atoms with Crippen molar-refractivity contribution in [3.05, 3.63) is 65.5 Å². The topological polar surface area (TPSA) is 66.8 Å². The molecule has 3 rings (SSSR count). The number of piperidine rings is 1. The van der Waals surface area contributed by atoms with Crippen molar-refractivity contribution in [3.63, 3.8) is 0 Å². The van der Waals surface area contributed by atoms with Gasteiger partial charge >= 0.3 is 5.97 Å². The van der Waals surface area contributed by atoms with Crippen molar-refractivity contribution in [2.24, 2.45) is 0 Å². The predicted molar refractivity (Wildman–Crippen MR) is 103 cm³/mol. The Morgan fingerprint density at radius 1 is 1.14 bits per heavy atom. The van der Waals surface area contributed by atoms with Gasteiger partial charge in [-0.1, -0.05) is 36.4 Å². The fourth-order valence-corrected chi connectivity index (χ4v) is 3.80. The number of likely N-dealkylation sites (tertiary alicyclic amines) is 1. The molecule has 148 valence electrons. The number of carbonyl (C=O) groups is 2. The first-order chi connectivity index (χ1) is 13.5. The van der Waals surface area contributed by atoms with Gasteiger partial charge in [0.05, 0.1) is 12.5 Å². The summed E-state index contributed by atoms with van der Waals surface area (Å²) in [5.74, 6) is -1.15. The number of halogens is 1. The van der Waals surface area contributed by atoms with E-state index in [9.17, 15) is 19.1 Å². The highest BCUT2D eigenvalue weighted by Crippen LogP contribution is 2.36. The number of rotatable bonds is 6. The van der Waals surface area contributed by atoms with Crippen LogP contribution in [0.4, 0.5) is 4.39 Å². The van der Waals surface area contributed by atoms with Gasteiger partial charge in [0.1, 0.15) is 0 Å². The maximum Gasteiger partial charge on any atom is 0.314 e. The van der Waals surface area contributed by atoms with Gasteiger partial charge in [-0.05, 0) is 42.5 Å². The summed E-state index contributed by atoms with van der Waals surface area (Å²) in [5, 5.41) is 9.84. The van der Waals surface area contributed by atoms with Crippen LogP contribution in [0, 0.1) is 5.82 Å². The average molecular weight is 385 g/mol. The van der Waals surface area contributed by atoms with Crippen LogP contribution in [0.2, 0.25) is 0 Å². The molecule has 2 aromatic rings. The van der Waals surface area contributed by atoms with E-state index in [0.29, 0.717) is 32.4 Å². The van der Waals surface area contributed by atoms with Crippen LogP contribution in [-0.4, -0.2) is 42.1 Å². The Morgan fingerprint density at radius 3 is 2.39 bits per heavy atom. The average Bonchev–Trinajstić information content (AvgIpc) is 2.72. The van der Waals surface area contributed by atoms with Gasteiger partial charge < -0.3 is 14.7 Å². The van der Waals surface area contributed by atoms with E-state index in [-0.39, 0.29) is 18.1 Å². The first-order valence-electron chi connectivity index (χ1n) is 9.35. The van der Waals surface area contributed by atoms with E-state index >= 15 is 0 Å². The smallest absolute Gasteiger partial charge is 0.314 e. The van der Waals surface area contributed by atoms with Gasteiger partial charge in [0.2, 0.25) is 5.91 Å². The van der Waals surface area contributed by atoms with E-state index in [2.05, 4.69) is 0 Å². The lowest BCUT2D eigenvalue weighted by Gasteiger charge is -2.39. The molecule has 0 unspecified atom stereocenters. The zero-order chi connectivity index (χ0) is 20.1. The van der Waals surface area contributed by atoms with Crippen LogP contribution in [-0.2, 0) is 21.4 Å². The summed E-state index contributed by atoms with van der Waals surface area (Å²) in [4.78, 5) is 26.3. The molecule has 0 atom stereocenters. The monoisotopic (exact) mass is 385 g/mol. The Kier molecular flexibility index (Phi) is 5.97. The molecule has 1 N–H and O–H groups in total. The Hall–Kier alpha value is -2.89. The quantitative estimate of drug-likeness (QED) is 0.828. The van der Waals surface area contributed by atoms with Crippen molar-refractivity contribution in [1.82, 2.24) is 4.90 Å². The highest BCUT2D eigenvalue weighted by molar-refractivity contribution is 5.82. The van der Waals surface area contributed by atoms with Gasteiger partial charge in [-0.2, -0.15) is 0 Å². The standard InChI is InChI=1S/C22H24FNO4/c1-28-19-9-7-16(15-18(19)23)8-10-20(25)24-13-11-22(12-14-24,21(26)27)17-5-3-2-4-6-17/h2-7,9,15H,8,10-14H2,1H3,(H,26,27). The highest BCUT2D eigenvalue weighted by Gasteiger charge is 2.43. The van der Waals surface area contributed by atoms with Crippen LogP contribution in [0.1, 0.15) is 30.4 Å². The second kappa shape index (κ2) is 8.42. The van der Waals surface area contributed by atoms with Gasteiger partial charge in [-0.15, -0.1) is 0 Å². The fourth-order valence-electron chi connectivity index (χ4n) is 3.80. The molecule has 0 saturated carbocycles. The highest BCUT2D eigenvalue weighted by atomic mass is 19.1. The minimum atomic E-state index is -0.947. The van der Waals surface area contributed by atoms with E-state index in [1.54, 1.807) is 17.0 Å². The van der Waals surface area contributed by atoms with Gasteiger partial charge in [0, 0.05) is 19.5 Å². The second-order valence-electron chi connectivity index (χ2n) is 7.10. The molecule has 28 heavy (non-hydrogen) atoms. The number of carboxylic acid groups (broad SMARTS) is 1. The van der Waals surface area contributed by atoms with Crippen LogP contribution >= 0.6 is 0 Å². The lowest BCUT2D eigenvalue weighted by Crippen LogP contribution is -2.49. The minimum Gasteiger partial charge on any atom is -0.494 e. The number of benzene rings is 2. The largest absolute Gasteiger partial charge is 0.494 e. The Morgan fingerprint density at radius 2 is 1.82 bits per heavy atom. The third-order valence-electron chi connectivity index (χ3n) is 5.55. The summed E-state index contributed by atoms with van der Waals surface area (Å²) >= 11 is 0. The molecular formula is C22H24FNO4. The SMILES string of the molecule is COc1ccc(CCC(=O)N2CCC(C(=O)O)(c3ccccc3)CC2)cc1F. The molecule has 1 saturated heterocycles. The molecule has 0 spiro atoms. The molecule has 1 fully saturated rings. The Balaban J connectivity index is 1.60. The van der Waals surface area contributed by atoms with Crippen molar-refractivity contribution in [1.29, 1.82) is 0 Å². The molecule has 5 nitrogen and oxygen atoms in total. The summed E-state index contributed by atoms with van der Waals surface area (Å²) in [6.07, 6.45) is 1.46. The van der Waals surface area contributed by atoms with Crippen LogP contribution in [0.25, 0.3) is 0 Å². The lowest BCUT2D eigenvalue weighted by atomic mass is 9.73. The van der Waals surface area contributed by atoms with E-state index in [0.717, 1.165) is 11.1 Å². The van der Waals surface area contributed by atoms with Crippen molar-refractivity contribution >= 4 is 11.9 Å². The predicted octanol–water partition coefficient (Wildman–Crippen LogP) is 3.41. The van der Waals surface area contributed by atoms with Crippen molar-refractivity contribution in [2.45, 2.75) is 31.1 Å². The molecule has 0 bridgehead atoms. The summed E-state index contributed by atoms with van der Waals surface area (Å²) in [5.41, 5.74) is 0.563. The molecule has 1 heterocycles. The van der Waals surface area contributed by atoms with Gasteiger partial charge in [0.25, 0.3) is 0 Å². The molecule has 2 aromatic carbocycles.